The summed E-state index contributed by atoms with van der Waals surface area (Å²) in [5.74, 6) is 11.6. The van der Waals surface area contributed by atoms with Gasteiger partial charge in [-0.25, -0.2) is 4.98 Å². The zero-order chi connectivity index (χ0) is 13.0. The molecule has 5 unspecified atom stereocenters. The SMILES string of the molecule is CCn1ncnc1CC(NN)C1C2C3CCC(C3)C21. The molecule has 0 amide bonds. The van der Waals surface area contributed by atoms with Gasteiger partial charge in [0.2, 0.25) is 0 Å². The molecule has 0 spiro atoms. The molecule has 3 aliphatic rings. The first-order chi connectivity index (χ1) is 9.33. The summed E-state index contributed by atoms with van der Waals surface area (Å²) in [4.78, 5) is 4.39. The zero-order valence-electron chi connectivity index (χ0n) is 11.5. The molecule has 5 heteroatoms. The van der Waals surface area contributed by atoms with Crippen LogP contribution in [0.3, 0.4) is 0 Å². The van der Waals surface area contributed by atoms with Gasteiger partial charge in [-0.1, -0.05) is 0 Å². The van der Waals surface area contributed by atoms with E-state index in [-0.39, 0.29) is 0 Å². The van der Waals surface area contributed by atoms with Crippen LogP contribution in [0.4, 0.5) is 0 Å². The summed E-state index contributed by atoms with van der Waals surface area (Å²) < 4.78 is 1.98. The van der Waals surface area contributed by atoms with Gasteiger partial charge in [-0.2, -0.15) is 5.10 Å². The number of hydrogen-bond donors (Lipinski definition) is 2. The second kappa shape index (κ2) is 4.28. The summed E-state index contributed by atoms with van der Waals surface area (Å²) in [5, 5.41) is 4.25. The van der Waals surface area contributed by atoms with Crippen LogP contribution in [0.5, 0.6) is 0 Å². The van der Waals surface area contributed by atoms with Crippen LogP contribution in [0.1, 0.15) is 32.0 Å². The molecule has 0 radical (unpaired) electrons. The molecular weight excluding hydrogens is 238 g/mol. The van der Waals surface area contributed by atoms with Gasteiger partial charge in [-0.15, -0.1) is 0 Å². The average Bonchev–Trinajstić information content (AvgIpc) is 2.83. The molecule has 0 aromatic carbocycles. The largest absolute Gasteiger partial charge is 0.271 e. The van der Waals surface area contributed by atoms with Crippen molar-refractivity contribution in [2.75, 3.05) is 0 Å². The highest BCUT2D eigenvalue weighted by Gasteiger charge is 2.66. The Labute approximate surface area is 113 Å². The van der Waals surface area contributed by atoms with Gasteiger partial charge < -0.3 is 0 Å². The minimum absolute atomic E-state index is 0.382. The van der Waals surface area contributed by atoms with Crippen LogP contribution in [0.25, 0.3) is 0 Å². The van der Waals surface area contributed by atoms with E-state index in [1.807, 2.05) is 4.68 Å². The Kier molecular flexibility index (Phi) is 2.67. The van der Waals surface area contributed by atoms with Crippen LogP contribution in [0.2, 0.25) is 0 Å². The molecule has 3 aliphatic carbocycles. The quantitative estimate of drug-likeness (QED) is 0.612. The van der Waals surface area contributed by atoms with Crippen LogP contribution in [-0.4, -0.2) is 20.8 Å². The van der Waals surface area contributed by atoms with Crippen LogP contribution in [-0.2, 0) is 13.0 Å². The lowest BCUT2D eigenvalue weighted by molar-refractivity contribution is 0.357. The van der Waals surface area contributed by atoms with Crippen molar-refractivity contribution in [2.45, 2.75) is 45.2 Å². The van der Waals surface area contributed by atoms with Crippen LogP contribution in [0, 0.1) is 29.6 Å². The van der Waals surface area contributed by atoms with Crippen molar-refractivity contribution in [2.24, 2.45) is 35.4 Å². The minimum Gasteiger partial charge on any atom is -0.271 e. The summed E-state index contributed by atoms with van der Waals surface area (Å²) in [6, 6.07) is 0.382. The first-order valence-corrected chi connectivity index (χ1v) is 7.66. The fourth-order valence-corrected chi connectivity index (χ4v) is 5.14. The third kappa shape index (κ3) is 1.68. The number of nitrogens with one attached hydrogen (secondary N) is 1. The molecule has 1 aromatic heterocycles. The lowest BCUT2D eigenvalue weighted by Crippen LogP contribution is -2.40. The van der Waals surface area contributed by atoms with Gasteiger partial charge in [0.1, 0.15) is 12.2 Å². The van der Waals surface area contributed by atoms with Gasteiger partial charge in [-0.05, 0) is 55.8 Å². The first-order valence-electron chi connectivity index (χ1n) is 7.66. The number of nitrogens with zero attached hydrogens (tertiary/aromatic N) is 3. The highest BCUT2D eigenvalue weighted by atomic mass is 15.3. The van der Waals surface area contributed by atoms with E-state index in [9.17, 15) is 0 Å². The lowest BCUT2D eigenvalue weighted by atomic mass is 9.96. The maximum atomic E-state index is 5.83. The molecule has 104 valence electrons. The Bertz CT molecular complexity index is 454. The van der Waals surface area contributed by atoms with Crippen molar-refractivity contribution < 1.29 is 0 Å². The fraction of sp³-hybridized carbons (Fsp3) is 0.857. The van der Waals surface area contributed by atoms with E-state index >= 15 is 0 Å². The standard InChI is InChI=1S/C14H23N5/c1-2-19-11(16-7-17-19)6-10(18-15)14-12-8-3-4-9(5-8)13(12)14/h7-10,12-14,18H,2-6,15H2,1H3. The zero-order valence-corrected chi connectivity index (χ0v) is 11.5. The highest BCUT2D eigenvalue weighted by molar-refractivity contribution is 5.16. The van der Waals surface area contributed by atoms with Crippen molar-refractivity contribution in [1.82, 2.24) is 20.2 Å². The number of hydrogen-bond acceptors (Lipinski definition) is 4. The van der Waals surface area contributed by atoms with E-state index in [4.69, 9.17) is 5.84 Å². The summed E-state index contributed by atoms with van der Waals surface area (Å²) in [5.41, 5.74) is 3.07. The van der Waals surface area contributed by atoms with Gasteiger partial charge in [0.25, 0.3) is 0 Å². The second-order valence-electron chi connectivity index (χ2n) is 6.53. The summed E-state index contributed by atoms with van der Waals surface area (Å²) in [6.45, 7) is 2.99. The lowest BCUT2D eigenvalue weighted by Gasteiger charge is -2.19. The third-order valence-corrected chi connectivity index (χ3v) is 5.87. The molecule has 5 nitrogen and oxygen atoms in total. The van der Waals surface area contributed by atoms with Gasteiger partial charge in [0.15, 0.2) is 0 Å². The molecule has 1 heterocycles. The highest BCUT2D eigenvalue weighted by Crippen LogP contribution is 2.70. The van der Waals surface area contributed by atoms with Gasteiger partial charge in [0.05, 0.1) is 0 Å². The average molecular weight is 261 g/mol. The summed E-state index contributed by atoms with van der Waals surface area (Å²) in [6.07, 6.45) is 7.00. The van der Waals surface area contributed by atoms with Crippen LogP contribution >= 0.6 is 0 Å². The van der Waals surface area contributed by atoms with Gasteiger partial charge in [-0.3, -0.25) is 16.0 Å². The Balaban J connectivity index is 1.48. The summed E-state index contributed by atoms with van der Waals surface area (Å²) in [7, 11) is 0. The van der Waals surface area contributed by atoms with Gasteiger partial charge >= 0.3 is 0 Å². The monoisotopic (exact) mass is 261 g/mol. The van der Waals surface area contributed by atoms with E-state index in [1.165, 1.54) is 19.3 Å². The second-order valence-corrected chi connectivity index (χ2v) is 6.53. The molecule has 1 aromatic rings. The number of fused-ring (bicyclic) bond motifs is 5. The smallest absolute Gasteiger partial charge is 0.138 e. The Morgan fingerprint density at radius 3 is 2.79 bits per heavy atom. The van der Waals surface area contributed by atoms with E-state index in [2.05, 4.69) is 22.4 Å². The van der Waals surface area contributed by atoms with E-state index in [0.29, 0.717) is 6.04 Å². The molecule has 2 bridgehead atoms. The van der Waals surface area contributed by atoms with Gasteiger partial charge in [0, 0.05) is 19.0 Å². The predicted molar refractivity (Wildman–Crippen MR) is 71.8 cm³/mol. The fourth-order valence-electron chi connectivity index (χ4n) is 5.14. The van der Waals surface area contributed by atoms with Crippen LogP contribution in [0.15, 0.2) is 6.33 Å². The van der Waals surface area contributed by atoms with E-state index < -0.39 is 0 Å². The molecule has 5 atom stereocenters. The molecule has 4 rings (SSSR count). The van der Waals surface area contributed by atoms with Crippen LogP contribution < -0.4 is 11.3 Å². The number of aryl methyl sites for hydroxylation is 1. The minimum atomic E-state index is 0.382. The molecular formula is C14H23N5. The Hall–Kier alpha value is -0.940. The number of nitrogens with two attached hydrogens (primary N) is 1. The van der Waals surface area contributed by atoms with Crippen molar-refractivity contribution in [3.05, 3.63) is 12.2 Å². The molecule has 3 fully saturated rings. The molecule has 0 aliphatic heterocycles. The summed E-state index contributed by atoms with van der Waals surface area (Å²) >= 11 is 0. The maximum Gasteiger partial charge on any atom is 0.138 e. The number of hydrazine groups is 1. The van der Waals surface area contributed by atoms with E-state index in [1.54, 1.807) is 6.33 Å². The molecule has 19 heavy (non-hydrogen) atoms. The number of rotatable bonds is 5. The molecule has 3 N–H and O–H groups in total. The first kappa shape index (κ1) is 11.9. The van der Waals surface area contributed by atoms with Crippen molar-refractivity contribution in [1.29, 1.82) is 0 Å². The Morgan fingerprint density at radius 1 is 1.42 bits per heavy atom. The van der Waals surface area contributed by atoms with Crippen molar-refractivity contribution >= 4 is 0 Å². The molecule has 3 saturated carbocycles. The van der Waals surface area contributed by atoms with E-state index in [0.717, 1.165) is 48.4 Å². The predicted octanol–water partition coefficient (Wildman–Crippen LogP) is 0.964. The maximum absolute atomic E-state index is 5.83. The normalized spacial score (nSPS) is 40.4. The third-order valence-electron chi connectivity index (χ3n) is 5.87. The van der Waals surface area contributed by atoms with Crippen molar-refractivity contribution in [3.63, 3.8) is 0 Å². The van der Waals surface area contributed by atoms with Crippen molar-refractivity contribution in [3.8, 4) is 0 Å². The topological polar surface area (TPSA) is 68.8 Å². The molecule has 0 saturated heterocycles. The number of aromatic nitrogens is 3. The Morgan fingerprint density at radius 2 is 2.16 bits per heavy atom.